The fourth-order valence-electron chi connectivity index (χ4n) is 0.0456. The molecular formula is C5H7ClO. The van der Waals surface area contributed by atoms with Crippen molar-refractivity contribution in [1.29, 1.82) is 0 Å². The van der Waals surface area contributed by atoms with Crippen LogP contribution in [0.15, 0.2) is 0 Å². The van der Waals surface area contributed by atoms with Gasteiger partial charge in [0.15, 0.2) is 0 Å². The minimum atomic E-state index is -0.861. The van der Waals surface area contributed by atoms with Crippen LogP contribution in [0, 0.1) is 12.3 Å². The Morgan fingerprint density at radius 1 is 2.00 bits per heavy atom. The summed E-state index contributed by atoms with van der Waals surface area (Å²) in [6.07, 6.45) is 4.87. The van der Waals surface area contributed by atoms with Crippen LogP contribution in [0.25, 0.3) is 0 Å². The van der Waals surface area contributed by atoms with Crippen molar-refractivity contribution in [3.8, 4) is 12.3 Å². The predicted molar refractivity (Wildman–Crippen MR) is 30.2 cm³/mol. The van der Waals surface area contributed by atoms with Gasteiger partial charge in [0.05, 0.1) is 6.61 Å². The Morgan fingerprint density at radius 2 is 2.43 bits per heavy atom. The number of hydrogen-bond donors (Lipinski definition) is 1. The standard InChI is InChI=1S/C5H7ClO/c1-3-5(2,6)4-7/h1,7H,4H2,2H3. The molecule has 0 spiro atoms. The molecule has 0 fully saturated rings. The SMILES string of the molecule is C#CC(C)(Cl)CO. The summed E-state index contributed by atoms with van der Waals surface area (Å²) in [5, 5.41) is 8.32. The summed E-state index contributed by atoms with van der Waals surface area (Å²) in [6.45, 7) is 1.40. The lowest BCUT2D eigenvalue weighted by Gasteiger charge is -2.07. The first-order valence-electron chi connectivity index (χ1n) is 1.90. The van der Waals surface area contributed by atoms with Crippen LogP contribution >= 0.6 is 11.6 Å². The van der Waals surface area contributed by atoms with Crippen LogP contribution in [0.2, 0.25) is 0 Å². The van der Waals surface area contributed by atoms with Crippen molar-refractivity contribution in [2.24, 2.45) is 0 Å². The molecule has 1 atom stereocenters. The van der Waals surface area contributed by atoms with Crippen molar-refractivity contribution < 1.29 is 5.11 Å². The highest BCUT2D eigenvalue weighted by Gasteiger charge is 2.13. The van der Waals surface area contributed by atoms with Crippen molar-refractivity contribution >= 4 is 11.6 Å². The maximum atomic E-state index is 8.32. The Morgan fingerprint density at radius 3 is 2.43 bits per heavy atom. The Balaban J connectivity index is 3.66. The highest BCUT2D eigenvalue weighted by atomic mass is 35.5. The van der Waals surface area contributed by atoms with Crippen LogP contribution in [0.1, 0.15) is 6.92 Å². The van der Waals surface area contributed by atoms with E-state index in [-0.39, 0.29) is 6.61 Å². The molecule has 0 aromatic rings. The summed E-state index contributed by atoms with van der Waals surface area (Å²) in [5.74, 6) is 2.21. The molecule has 1 unspecified atom stereocenters. The Hall–Kier alpha value is -0.190. The van der Waals surface area contributed by atoms with E-state index in [0.717, 1.165) is 0 Å². The first-order chi connectivity index (χ1) is 3.12. The van der Waals surface area contributed by atoms with E-state index in [0.29, 0.717) is 0 Å². The molecule has 1 nitrogen and oxygen atoms in total. The highest BCUT2D eigenvalue weighted by molar-refractivity contribution is 6.25. The van der Waals surface area contributed by atoms with Crippen molar-refractivity contribution in [2.75, 3.05) is 6.61 Å². The summed E-state index contributed by atoms with van der Waals surface area (Å²) in [4.78, 5) is -0.861. The Kier molecular flexibility index (Phi) is 2.14. The molecule has 7 heavy (non-hydrogen) atoms. The third kappa shape index (κ3) is 2.50. The van der Waals surface area contributed by atoms with Crippen LogP contribution < -0.4 is 0 Å². The fraction of sp³-hybridized carbons (Fsp3) is 0.600. The fourth-order valence-corrected chi connectivity index (χ4v) is 0.0456. The van der Waals surface area contributed by atoms with Crippen molar-refractivity contribution in [3.63, 3.8) is 0 Å². The van der Waals surface area contributed by atoms with Crippen molar-refractivity contribution in [2.45, 2.75) is 11.8 Å². The zero-order valence-electron chi connectivity index (χ0n) is 4.11. The van der Waals surface area contributed by atoms with E-state index >= 15 is 0 Å². The largest absolute Gasteiger partial charge is 0.394 e. The second-order valence-electron chi connectivity index (χ2n) is 1.50. The molecule has 0 aliphatic rings. The zero-order chi connectivity index (χ0) is 5.91. The van der Waals surface area contributed by atoms with Gasteiger partial charge in [-0.3, -0.25) is 0 Å². The van der Waals surface area contributed by atoms with Gasteiger partial charge in [-0.25, -0.2) is 0 Å². The molecule has 0 saturated heterocycles. The molecule has 0 rings (SSSR count). The van der Waals surface area contributed by atoms with Crippen LogP contribution in [0.5, 0.6) is 0 Å². The van der Waals surface area contributed by atoms with Gasteiger partial charge in [0.2, 0.25) is 0 Å². The third-order valence-electron chi connectivity index (χ3n) is 0.598. The summed E-state index contributed by atoms with van der Waals surface area (Å²) in [5.41, 5.74) is 0. The molecule has 40 valence electrons. The second kappa shape index (κ2) is 2.20. The topological polar surface area (TPSA) is 20.2 Å². The van der Waals surface area contributed by atoms with Crippen LogP contribution in [-0.4, -0.2) is 16.6 Å². The minimum absolute atomic E-state index is 0.176. The zero-order valence-corrected chi connectivity index (χ0v) is 4.87. The predicted octanol–water partition coefficient (Wildman–Crippen LogP) is 0.609. The average Bonchev–Trinajstić information content (AvgIpc) is 1.68. The summed E-state index contributed by atoms with van der Waals surface area (Å²) < 4.78 is 0. The molecule has 0 aromatic heterocycles. The van der Waals surface area contributed by atoms with Crippen LogP contribution in [0.4, 0.5) is 0 Å². The third-order valence-corrected chi connectivity index (χ3v) is 0.827. The second-order valence-corrected chi connectivity index (χ2v) is 2.33. The minimum Gasteiger partial charge on any atom is -0.394 e. The van der Waals surface area contributed by atoms with Crippen LogP contribution in [-0.2, 0) is 0 Å². The lowest BCUT2D eigenvalue weighted by atomic mass is 10.2. The van der Waals surface area contributed by atoms with Gasteiger partial charge in [0.1, 0.15) is 4.87 Å². The van der Waals surface area contributed by atoms with Gasteiger partial charge in [-0.05, 0) is 6.92 Å². The van der Waals surface area contributed by atoms with E-state index in [1.807, 2.05) is 0 Å². The number of aliphatic hydroxyl groups is 1. The number of aliphatic hydroxyl groups excluding tert-OH is 1. The molecule has 0 saturated carbocycles. The Labute approximate surface area is 48.3 Å². The maximum Gasteiger partial charge on any atom is 0.125 e. The summed E-state index contributed by atoms with van der Waals surface area (Å²) in [6, 6.07) is 0. The number of rotatable bonds is 1. The first kappa shape index (κ1) is 6.81. The van der Waals surface area contributed by atoms with Crippen molar-refractivity contribution in [3.05, 3.63) is 0 Å². The van der Waals surface area contributed by atoms with Gasteiger partial charge in [0.25, 0.3) is 0 Å². The Bertz CT molecular complexity index is 90.7. The van der Waals surface area contributed by atoms with E-state index in [2.05, 4.69) is 5.92 Å². The van der Waals surface area contributed by atoms with E-state index in [1.54, 1.807) is 6.92 Å². The number of alkyl halides is 1. The molecule has 0 aromatic carbocycles. The van der Waals surface area contributed by atoms with Gasteiger partial charge in [0, 0.05) is 0 Å². The monoisotopic (exact) mass is 118 g/mol. The smallest absolute Gasteiger partial charge is 0.125 e. The number of halogens is 1. The molecule has 0 bridgehead atoms. The lowest BCUT2D eigenvalue weighted by Crippen LogP contribution is -2.17. The normalized spacial score (nSPS) is 17.4. The van der Waals surface area contributed by atoms with Gasteiger partial charge in [-0.15, -0.1) is 18.0 Å². The molecule has 0 heterocycles. The van der Waals surface area contributed by atoms with Gasteiger partial charge < -0.3 is 5.11 Å². The number of terminal acetylenes is 1. The highest BCUT2D eigenvalue weighted by Crippen LogP contribution is 2.09. The van der Waals surface area contributed by atoms with E-state index in [4.69, 9.17) is 23.1 Å². The van der Waals surface area contributed by atoms with Gasteiger partial charge in [-0.1, -0.05) is 5.92 Å². The average molecular weight is 119 g/mol. The lowest BCUT2D eigenvalue weighted by molar-refractivity contribution is 0.277. The summed E-state index contributed by atoms with van der Waals surface area (Å²) in [7, 11) is 0. The molecule has 0 aliphatic carbocycles. The maximum absolute atomic E-state index is 8.32. The van der Waals surface area contributed by atoms with Gasteiger partial charge >= 0.3 is 0 Å². The molecule has 0 aliphatic heterocycles. The van der Waals surface area contributed by atoms with Crippen LogP contribution in [0.3, 0.4) is 0 Å². The van der Waals surface area contributed by atoms with Crippen molar-refractivity contribution in [1.82, 2.24) is 0 Å². The van der Waals surface area contributed by atoms with E-state index < -0.39 is 4.87 Å². The molecule has 0 radical (unpaired) electrons. The quantitative estimate of drug-likeness (QED) is 0.395. The first-order valence-corrected chi connectivity index (χ1v) is 2.28. The summed E-state index contributed by atoms with van der Waals surface area (Å²) >= 11 is 5.42. The molecular weight excluding hydrogens is 112 g/mol. The van der Waals surface area contributed by atoms with E-state index in [1.165, 1.54) is 0 Å². The van der Waals surface area contributed by atoms with Gasteiger partial charge in [-0.2, -0.15) is 0 Å². The molecule has 0 amide bonds. The van der Waals surface area contributed by atoms with E-state index in [9.17, 15) is 0 Å². The number of hydrogen-bond acceptors (Lipinski definition) is 1. The molecule has 1 N–H and O–H groups in total. The molecule has 2 heteroatoms.